The van der Waals surface area contributed by atoms with Crippen LogP contribution in [0, 0.1) is 0 Å². The van der Waals surface area contributed by atoms with Crippen LogP contribution in [0.4, 0.5) is 0 Å². The highest BCUT2D eigenvalue weighted by Crippen LogP contribution is 2.31. The van der Waals surface area contributed by atoms with Gasteiger partial charge in [-0.3, -0.25) is 0 Å². The van der Waals surface area contributed by atoms with Gasteiger partial charge in [-0.2, -0.15) is 16.8 Å². The number of rotatable bonds is 8. The molecule has 21 heavy (non-hydrogen) atoms. The van der Waals surface area contributed by atoms with Crippen molar-refractivity contribution in [2.45, 2.75) is 0 Å². The van der Waals surface area contributed by atoms with E-state index in [-0.39, 0.29) is 17.2 Å². The Morgan fingerprint density at radius 2 is 1.29 bits per heavy atom. The lowest BCUT2D eigenvalue weighted by atomic mass is 10.3. The summed E-state index contributed by atoms with van der Waals surface area (Å²) < 4.78 is 63.0. The van der Waals surface area contributed by atoms with Crippen LogP contribution >= 0.6 is 12.3 Å². The van der Waals surface area contributed by atoms with E-state index in [1.807, 2.05) is 0 Å². The van der Waals surface area contributed by atoms with Crippen molar-refractivity contribution >= 4 is 32.6 Å². The first-order valence-electron chi connectivity index (χ1n) is 5.07. The molecule has 0 radical (unpaired) electrons. The summed E-state index contributed by atoms with van der Waals surface area (Å²) in [4.78, 5) is 4.27. The van der Waals surface area contributed by atoms with Crippen molar-refractivity contribution in [2.24, 2.45) is 0 Å². The van der Waals surface area contributed by atoms with Crippen LogP contribution in [0.25, 0.3) is 0 Å². The molecule has 0 saturated heterocycles. The summed E-state index contributed by atoms with van der Waals surface area (Å²) in [5, 5.41) is 0. The molecule has 0 fully saturated rings. The average molecular weight is 360 g/mol. The zero-order valence-corrected chi connectivity index (χ0v) is 13.6. The molecular weight excluding hydrogens is 348 g/mol. The summed E-state index contributed by atoms with van der Waals surface area (Å²) in [5.74, 6) is -0.352. The molecule has 0 aliphatic rings. The molecule has 1 aromatic carbocycles. The van der Waals surface area contributed by atoms with Gasteiger partial charge in [0.25, 0.3) is 12.3 Å². The molecule has 0 amide bonds. The van der Waals surface area contributed by atoms with Crippen LogP contribution in [0.2, 0.25) is 0 Å². The first kappa shape index (κ1) is 17.8. The molecule has 1 aromatic rings. The minimum absolute atomic E-state index is 0.0249. The van der Waals surface area contributed by atoms with E-state index in [9.17, 15) is 16.8 Å². The maximum Gasteiger partial charge on any atom is 0.306 e. The molecule has 120 valence electrons. The fraction of sp³-hybridized carbons (Fsp3) is 0.333. The van der Waals surface area contributed by atoms with Gasteiger partial charge in [-0.15, -0.1) is 4.33 Å². The lowest BCUT2D eigenvalue weighted by Gasteiger charge is -2.09. The Morgan fingerprint density at radius 1 is 0.857 bits per heavy atom. The van der Waals surface area contributed by atoms with E-state index in [1.54, 1.807) is 0 Å². The van der Waals surface area contributed by atoms with Gasteiger partial charge in [-0.05, 0) is 0 Å². The quantitative estimate of drug-likeness (QED) is 0.217. The maximum absolute atomic E-state index is 11.1. The van der Waals surface area contributed by atoms with Gasteiger partial charge < -0.3 is 12.5 Å². The minimum atomic E-state index is -3.80. The van der Waals surface area contributed by atoms with Gasteiger partial charge in [0.1, 0.15) is 17.2 Å². The molecule has 0 aliphatic carbocycles. The van der Waals surface area contributed by atoms with Gasteiger partial charge in [-0.25, -0.2) is 4.89 Å². The summed E-state index contributed by atoms with van der Waals surface area (Å²) in [5.41, 5.74) is 0. The van der Waals surface area contributed by atoms with E-state index in [0.29, 0.717) is 12.3 Å². The molecular formula is C9H12O9S3. The largest absolute Gasteiger partial charge is 0.398 e. The Kier molecular flexibility index (Phi) is 6.10. The van der Waals surface area contributed by atoms with Crippen molar-refractivity contribution < 1.29 is 38.6 Å². The third-order valence-corrected chi connectivity index (χ3v) is 3.02. The van der Waals surface area contributed by atoms with Gasteiger partial charge in [0.05, 0.1) is 19.6 Å². The van der Waals surface area contributed by atoms with E-state index in [2.05, 4.69) is 17.6 Å². The summed E-state index contributed by atoms with van der Waals surface area (Å²) in [6.07, 6.45) is 1.67. The smallest absolute Gasteiger partial charge is 0.306 e. The number of hydrogen-bond donors (Lipinski definition) is 0. The zero-order valence-electron chi connectivity index (χ0n) is 11.1. The summed E-state index contributed by atoms with van der Waals surface area (Å²) in [7, 11) is -6.36. The molecule has 9 nitrogen and oxygen atoms in total. The van der Waals surface area contributed by atoms with Crippen LogP contribution in [0.1, 0.15) is 0 Å². The summed E-state index contributed by atoms with van der Waals surface area (Å²) in [6, 6.07) is 3.47. The van der Waals surface area contributed by atoms with Gasteiger partial charge >= 0.3 is 20.2 Å². The van der Waals surface area contributed by atoms with Crippen molar-refractivity contribution in [3.8, 4) is 17.2 Å². The van der Waals surface area contributed by atoms with Crippen molar-refractivity contribution in [3.05, 3.63) is 18.2 Å². The van der Waals surface area contributed by atoms with Gasteiger partial charge in [0.2, 0.25) is 0 Å². The van der Waals surface area contributed by atoms with Crippen molar-refractivity contribution in [1.29, 1.82) is 0 Å². The highest BCUT2D eigenvalue weighted by atomic mass is 32.2. The molecule has 0 heterocycles. The Bertz CT molecular complexity index is 628. The van der Waals surface area contributed by atoms with E-state index in [4.69, 9.17) is 4.18 Å². The second-order valence-corrected chi connectivity index (χ2v) is 7.19. The van der Waals surface area contributed by atoms with Gasteiger partial charge in [0, 0.05) is 18.2 Å². The molecule has 12 heteroatoms. The number of benzene rings is 1. The van der Waals surface area contributed by atoms with E-state index in [0.717, 1.165) is 18.6 Å². The second kappa shape index (κ2) is 7.17. The summed E-state index contributed by atoms with van der Waals surface area (Å²) in [6.45, 7) is 0. The van der Waals surface area contributed by atoms with Crippen molar-refractivity contribution in [3.63, 3.8) is 0 Å². The fourth-order valence-electron chi connectivity index (χ4n) is 1.12. The molecule has 1 rings (SSSR count). The van der Waals surface area contributed by atoms with Crippen LogP contribution < -0.4 is 12.5 Å². The van der Waals surface area contributed by atoms with E-state index >= 15 is 0 Å². The van der Waals surface area contributed by atoms with Crippen LogP contribution in [0.15, 0.2) is 18.2 Å². The highest BCUT2D eigenvalue weighted by molar-refractivity contribution is 7.90. The zero-order chi connectivity index (χ0) is 16.1. The Labute approximate surface area is 126 Å². The monoisotopic (exact) mass is 360 g/mol. The molecule has 0 bridgehead atoms. The second-order valence-electron chi connectivity index (χ2n) is 3.60. The average Bonchev–Trinajstić information content (AvgIpc) is 2.24. The van der Waals surface area contributed by atoms with Crippen molar-refractivity contribution in [2.75, 3.05) is 19.6 Å². The molecule has 0 unspecified atom stereocenters. The third kappa shape index (κ3) is 7.96. The van der Waals surface area contributed by atoms with Crippen LogP contribution in [-0.4, -0.2) is 36.5 Å². The SMILES string of the molecule is COOSOc1cc(OS(C)(=O)=O)cc(OS(C)(=O)=O)c1. The van der Waals surface area contributed by atoms with Crippen LogP contribution in [0.3, 0.4) is 0 Å². The van der Waals surface area contributed by atoms with Crippen LogP contribution in [0.5, 0.6) is 17.2 Å². The van der Waals surface area contributed by atoms with Gasteiger partial charge in [-0.1, -0.05) is 0 Å². The highest BCUT2D eigenvalue weighted by Gasteiger charge is 2.13. The van der Waals surface area contributed by atoms with E-state index < -0.39 is 20.2 Å². The first-order valence-corrected chi connectivity index (χ1v) is 9.37. The fourth-order valence-corrected chi connectivity index (χ4v) is 2.27. The Hall–Kier alpha value is -1.21. The van der Waals surface area contributed by atoms with Gasteiger partial charge in [0.15, 0.2) is 0 Å². The molecule has 0 aliphatic heterocycles. The minimum Gasteiger partial charge on any atom is -0.398 e. The molecule has 0 spiro atoms. The predicted octanol–water partition coefficient (Wildman–Crippen LogP) is 0.883. The van der Waals surface area contributed by atoms with E-state index in [1.165, 1.54) is 19.2 Å². The first-order chi connectivity index (χ1) is 9.59. The molecule has 0 saturated carbocycles. The molecule has 0 N–H and O–H groups in total. The predicted molar refractivity (Wildman–Crippen MR) is 73.7 cm³/mol. The molecule has 0 atom stereocenters. The molecule has 0 aromatic heterocycles. The number of hydrogen-bond acceptors (Lipinski definition) is 10. The lowest BCUT2D eigenvalue weighted by molar-refractivity contribution is -0.164. The summed E-state index contributed by atoms with van der Waals surface area (Å²) >= 11 is 0.427. The standard InChI is InChI=1S/C9H12O9S3/c1-14-18-19-15-7-4-8(16-20(2,10)11)6-9(5-7)17-21(3,12)13/h4-6H,1-3H3. The lowest BCUT2D eigenvalue weighted by Crippen LogP contribution is -2.08. The third-order valence-electron chi connectivity index (χ3n) is 1.57. The Morgan fingerprint density at radius 3 is 1.67 bits per heavy atom. The normalized spacial score (nSPS) is 12.0. The topological polar surface area (TPSA) is 114 Å². The van der Waals surface area contributed by atoms with Crippen LogP contribution in [-0.2, 0) is 29.5 Å². The van der Waals surface area contributed by atoms with Crippen molar-refractivity contribution in [1.82, 2.24) is 0 Å². The maximum atomic E-state index is 11.1. The Balaban J connectivity index is 3.06.